The molecule has 2 N–H and O–H groups in total. The largest absolute Gasteiger partial charge is 0.478 e. The Morgan fingerprint density at radius 2 is 1.85 bits per heavy atom. The fourth-order valence-corrected chi connectivity index (χ4v) is 3.92. The van der Waals surface area contributed by atoms with E-state index < -0.39 is 48.7 Å². The summed E-state index contributed by atoms with van der Waals surface area (Å²) in [6.07, 6.45) is 0.892. The SMILES string of the molecule is CS(=O)(=O)CCS(=O)(=O)Nc1ccc(F)c(C(=O)O)c1. The predicted octanol–water partition coefficient (Wildman–Crippen LogP) is 0.310. The van der Waals surface area contributed by atoms with E-state index >= 15 is 0 Å². The third-order valence-electron chi connectivity index (χ3n) is 2.19. The summed E-state index contributed by atoms with van der Waals surface area (Å²) in [5, 5.41) is 8.70. The fraction of sp³-hybridized carbons (Fsp3) is 0.300. The van der Waals surface area contributed by atoms with Crippen LogP contribution in [0.1, 0.15) is 10.4 Å². The number of sulfonamides is 1. The van der Waals surface area contributed by atoms with Gasteiger partial charge in [-0.25, -0.2) is 26.0 Å². The summed E-state index contributed by atoms with van der Waals surface area (Å²) in [5.74, 6) is -3.79. The van der Waals surface area contributed by atoms with Crippen LogP contribution in [-0.2, 0) is 19.9 Å². The maximum Gasteiger partial charge on any atom is 0.338 e. The number of hydrogen-bond donors (Lipinski definition) is 2. The summed E-state index contributed by atoms with van der Waals surface area (Å²) >= 11 is 0. The number of aromatic carboxylic acids is 1. The molecule has 1 aromatic carbocycles. The molecule has 10 heteroatoms. The van der Waals surface area contributed by atoms with Gasteiger partial charge in [-0.2, -0.15) is 0 Å². The first kappa shape index (κ1) is 16.4. The molecule has 0 heterocycles. The van der Waals surface area contributed by atoms with E-state index in [1.165, 1.54) is 0 Å². The van der Waals surface area contributed by atoms with Crippen molar-refractivity contribution in [2.45, 2.75) is 0 Å². The standard InChI is InChI=1S/C10H12FNO6S2/c1-19(15,16)4-5-20(17,18)12-7-2-3-9(11)8(6-7)10(13)14/h2-3,6,12H,4-5H2,1H3,(H,13,14). The van der Waals surface area contributed by atoms with Crippen molar-refractivity contribution in [3.63, 3.8) is 0 Å². The highest BCUT2D eigenvalue weighted by molar-refractivity contribution is 7.95. The number of hydrogen-bond acceptors (Lipinski definition) is 5. The second kappa shape index (κ2) is 5.75. The molecule has 0 saturated carbocycles. The van der Waals surface area contributed by atoms with Crippen molar-refractivity contribution in [1.82, 2.24) is 0 Å². The molecule has 112 valence electrons. The zero-order valence-corrected chi connectivity index (χ0v) is 12.0. The Morgan fingerprint density at radius 1 is 1.25 bits per heavy atom. The molecule has 0 radical (unpaired) electrons. The lowest BCUT2D eigenvalue weighted by Crippen LogP contribution is -2.22. The van der Waals surface area contributed by atoms with E-state index in [9.17, 15) is 26.0 Å². The van der Waals surface area contributed by atoms with Crippen molar-refractivity contribution in [3.05, 3.63) is 29.6 Å². The van der Waals surface area contributed by atoms with Gasteiger partial charge in [0.05, 0.1) is 17.1 Å². The van der Waals surface area contributed by atoms with Crippen molar-refractivity contribution in [3.8, 4) is 0 Å². The zero-order valence-electron chi connectivity index (χ0n) is 10.3. The molecule has 0 spiro atoms. The Balaban J connectivity index is 2.93. The second-order valence-corrected chi connectivity index (χ2v) is 8.15. The molecule has 0 bridgehead atoms. The van der Waals surface area contributed by atoms with Crippen LogP contribution in [0.2, 0.25) is 0 Å². The second-order valence-electron chi connectivity index (χ2n) is 4.05. The molecule has 0 atom stereocenters. The Kier molecular flexibility index (Phi) is 4.71. The third kappa shape index (κ3) is 5.13. The maximum atomic E-state index is 13.1. The van der Waals surface area contributed by atoms with E-state index in [2.05, 4.69) is 0 Å². The van der Waals surface area contributed by atoms with E-state index in [1.54, 1.807) is 0 Å². The van der Waals surface area contributed by atoms with Gasteiger partial charge < -0.3 is 5.11 Å². The predicted molar refractivity (Wildman–Crippen MR) is 70.5 cm³/mol. The molecule has 1 aromatic rings. The van der Waals surface area contributed by atoms with E-state index in [-0.39, 0.29) is 5.69 Å². The van der Waals surface area contributed by atoms with Crippen molar-refractivity contribution in [2.24, 2.45) is 0 Å². The molecule has 0 amide bonds. The lowest BCUT2D eigenvalue weighted by molar-refractivity contribution is 0.0692. The van der Waals surface area contributed by atoms with Gasteiger partial charge in [0.25, 0.3) is 0 Å². The first-order valence-electron chi connectivity index (χ1n) is 5.21. The molecule has 0 aliphatic heterocycles. The van der Waals surface area contributed by atoms with Gasteiger partial charge in [-0.15, -0.1) is 0 Å². The average Bonchev–Trinajstić information content (AvgIpc) is 2.28. The van der Waals surface area contributed by atoms with Crippen molar-refractivity contribution in [1.29, 1.82) is 0 Å². The Bertz CT molecular complexity index is 726. The highest BCUT2D eigenvalue weighted by Gasteiger charge is 2.17. The molecule has 0 unspecified atom stereocenters. The first-order valence-corrected chi connectivity index (χ1v) is 8.92. The number of benzene rings is 1. The molecule has 20 heavy (non-hydrogen) atoms. The summed E-state index contributed by atoms with van der Waals surface area (Å²) in [5.41, 5.74) is -0.842. The van der Waals surface area contributed by atoms with Gasteiger partial charge in [0, 0.05) is 11.9 Å². The smallest absolute Gasteiger partial charge is 0.338 e. The van der Waals surface area contributed by atoms with Crippen molar-refractivity contribution >= 4 is 31.5 Å². The number of nitrogens with one attached hydrogen (secondary N) is 1. The van der Waals surface area contributed by atoms with Crippen LogP contribution in [0.3, 0.4) is 0 Å². The molecule has 0 aliphatic carbocycles. The molecule has 0 aromatic heterocycles. The van der Waals surface area contributed by atoms with Crippen LogP contribution in [0.25, 0.3) is 0 Å². The number of anilines is 1. The lowest BCUT2D eigenvalue weighted by atomic mass is 10.2. The fourth-order valence-electron chi connectivity index (χ4n) is 1.24. The van der Waals surface area contributed by atoms with Gasteiger partial charge in [-0.1, -0.05) is 0 Å². The Morgan fingerprint density at radius 3 is 2.35 bits per heavy atom. The zero-order chi connectivity index (χ0) is 15.6. The number of carbonyl (C=O) groups is 1. The van der Waals surface area contributed by atoms with Crippen LogP contribution in [-0.4, -0.2) is 45.7 Å². The lowest BCUT2D eigenvalue weighted by Gasteiger charge is -2.08. The van der Waals surface area contributed by atoms with Crippen LogP contribution >= 0.6 is 0 Å². The minimum absolute atomic E-state index is 0.155. The topological polar surface area (TPSA) is 118 Å². The minimum Gasteiger partial charge on any atom is -0.478 e. The molecule has 0 aliphatic rings. The first-order chi connectivity index (χ1) is 9.00. The number of carboxylic acid groups (broad SMARTS) is 1. The Labute approximate surface area is 115 Å². The van der Waals surface area contributed by atoms with Gasteiger partial charge in [0.2, 0.25) is 10.0 Å². The molecule has 1 rings (SSSR count). The normalized spacial score (nSPS) is 12.1. The maximum absolute atomic E-state index is 13.1. The summed E-state index contributed by atoms with van der Waals surface area (Å²) < 4.78 is 60.1. The highest BCUT2D eigenvalue weighted by atomic mass is 32.2. The number of rotatable bonds is 6. The molecule has 7 nitrogen and oxygen atoms in total. The number of carboxylic acids is 1. The Hall–Kier alpha value is -1.68. The third-order valence-corrected chi connectivity index (χ3v) is 4.69. The van der Waals surface area contributed by atoms with E-state index in [0.717, 1.165) is 24.5 Å². The number of halogens is 1. The van der Waals surface area contributed by atoms with Gasteiger partial charge in [-0.3, -0.25) is 4.72 Å². The van der Waals surface area contributed by atoms with Gasteiger partial charge in [0.1, 0.15) is 15.7 Å². The van der Waals surface area contributed by atoms with Gasteiger partial charge >= 0.3 is 5.97 Å². The van der Waals surface area contributed by atoms with Gasteiger partial charge in [-0.05, 0) is 18.2 Å². The average molecular weight is 325 g/mol. The van der Waals surface area contributed by atoms with Crippen LogP contribution in [0.15, 0.2) is 18.2 Å². The van der Waals surface area contributed by atoms with Crippen LogP contribution < -0.4 is 4.72 Å². The van der Waals surface area contributed by atoms with E-state index in [1.807, 2.05) is 4.72 Å². The van der Waals surface area contributed by atoms with E-state index in [0.29, 0.717) is 0 Å². The molecule has 0 saturated heterocycles. The minimum atomic E-state index is -3.97. The summed E-state index contributed by atoms with van der Waals surface area (Å²) in [6.45, 7) is 0. The van der Waals surface area contributed by atoms with Crippen molar-refractivity contribution in [2.75, 3.05) is 22.5 Å². The molecular formula is C10H12FNO6S2. The number of sulfone groups is 1. The van der Waals surface area contributed by atoms with Gasteiger partial charge in [0.15, 0.2) is 0 Å². The van der Waals surface area contributed by atoms with Crippen LogP contribution in [0.4, 0.5) is 10.1 Å². The monoisotopic (exact) mass is 325 g/mol. The quantitative estimate of drug-likeness (QED) is 0.777. The summed E-state index contributed by atoms with van der Waals surface area (Å²) in [4.78, 5) is 10.7. The van der Waals surface area contributed by atoms with E-state index in [4.69, 9.17) is 5.11 Å². The molecule has 0 fully saturated rings. The summed E-state index contributed by atoms with van der Waals surface area (Å²) in [6, 6.07) is 2.66. The van der Waals surface area contributed by atoms with Crippen molar-refractivity contribution < 1.29 is 31.1 Å². The molecular weight excluding hydrogens is 313 g/mol. The van der Waals surface area contributed by atoms with Crippen LogP contribution in [0, 0.1) is 5.82 Å². The summed E-state index contributed by atoms with van der Waals surface area (Å²) in [7, 11) is -7.42. The van der Waals surface area contributed by atoms with Crippen LogP contribution in [0.5, 0.6) is 0 Å². The highest BCUT2D eigenvalue weighted by Crippen LogP contribution is 2.16.